The number of rotatable bonds is 5. The Morgan fingerprint density at radius 1 is 1.10 bits per heavy atom. The topological polar surface area (TPSA) is 104 Å². The van der Waals surface area contributed by atoms with Crippen molar-refractivity contribution < 1.29 is 17.9 Å². The molecule has 0 aliphatic carbocycles. The molecule has 3 heterocycles. The number of ether oxygens (including phenoxy) is 1. The van der Waals surface area contributed by atoms with Gasteiger partial charge in [0.2, 0.25) is 10.0 Å². The van der Waals surface area contributed by atoms with Gasteiger partial charge in [0, 0.05) is 38.1 Å². The van der Waals surface area contributed by atoms with E-state index in [0.29, 0.717) is 44.1 Å². The molecule has 0 atom stereocenters. The zero-order valence-corrected chi connectivity index (χ0v) is 17.4. The summed E-state index contributed by atoms with van der Waals surface area (Å²) in [7, 11) is -3.21. The summed E-state index contributed by atoms with van der Waals surface area (Å²) >= 11 is 0. The fourth-order valence-electron chi connectivity index (χ4n) is 3.53. The Morgan fingerprint density at radius 2 is 1.87 bits per heavy atom. The van der Waals surface area contributed by atoms with Crippen LogP contribution in [-0.4, -0.2) is 58.0 Å². The zero-order chi connectivity index (χ0) is 21.0. The Hall–Kier alpha value is -2.85. The van der Waals surface area contributed by atoms with Gasteiger partial charge in [0.1, 0.15) is 5.82 Å². The second kappa shape index (κ2) is 8.88. The molecule has 160 valence electrons. The van der Waals surface area contributed by atoms with E-state index in [1.807, 2.05) is 12.1 Å². The predicted molar refractivity (Wildman–Crippen MR) is 115 cm³/mol. The molecule has 2 aliphatic heterocycles. The summed E-state index contributed by atoms with van der Waals surface area (Å²) in [4.78, 5) is 18.8. The monoisotopic (exact) mass is 431 g/mol. The van der Waals surface area contributed by atoms with Crippen molar-refractivity contribution in [1.29, 1.82) is 0 Å². The van der Waals surface area contributed by atoms with Crippen LogP contribution in [0.5, 0.6) is 0 Å². The summed E-state index contributed by atoms with van der Waals surface area (Å²) in [6.07, 6.45) is 2.37. The molecule has 10 heteroatoms. The zero-order valence-electron chi connectivity index (χ0n) is 16.6. The minimum Gasteiger partial charge on any atom is -0.378 e. The lowest BCUT2D eigenvalue weighted by Crippen LogP contribution is -2.36. The van der Waals surface area contributed by atoms with E-state index in [9.17, 15) is 13.2 Å². The summed E-state index contributed by atoms with van der Waals surface area (Å²) in [5.74, 6) is 1.06. The van der Waals surface area contributed by atoms with Crippen LogP contribution in [0.25, 0.3) is 0 Å². The molecule has 2 amide bonds. The highest BCUT2D eigenvalue weighted by Gasteiger charge is 2.28. The average Bonchev–Trinajstić information content (AvgIpc) is 3.13. The van der Waals surface area contributed by atoms with E-state index < -0.39 is 10.0 Å². The summed E-state index contributed by atoms with van der Waals surface area (Å²) < 4.78 is 30.8. The fourth-order valence-corrected chi connectivity index (χ4v) is 5.10. The van der Waals surface area contributed by atoms with Gasteiger partial charge in [-0.2, -0.15) is 0 Å². The third-order valence-electron chi connectivity index (χ3n) is 5.11. The minimum absolute atomic E-state index is 0.178. The second-order valence-corrected chi connectivity index (χ2v) is 9.23. The largest absolute Gasteiger partial charge is 0.378 e. The third-order valence-corrected chi connectivity index (χ3v) is 6.98. The van der Waals surface area contributed by atoms with Gasteiger partial charge in [0.25, 0.3) is 0 Å². The summed E-state index contributed by atoms with van der Waals surface area (Å²) in [6.45, 7) is 3.85. The Labute approximate surface area is 176 Å². The summed E-state index contributed by atoms with van der Waals surface area (Å²) in [5.41, 5.74) is 2.17. The standard InChI is InChI=1S/C20H25N5O4S/c26-20(22-15-16-6-7-21-19(14-16)24-9-11-29-12-10-24)23-17-2-4-18(5-3-17)25-8-1-13-30(25,27)28/h2-7,14H,1,8-13,15H2,(H2,22,23,26). The van der Waals surface area contributed by atoms with Gasteiger partial charge in [-0.1, -0.05) is 0 Å². The lowest BCUT2D eigenvalue weighted by atomic mass is 10.2. The number of urea groups is 1. The predicted octanol–water partition coefficient (Wildman–Crippen LogP) is 1.78. The third kappa shape index (κ3) is 4.82. The van der Waals surface area contributed by atoms with Crippen molar-refractivity contribution in [3.8, 4) is 0 Å². The smallest absolute Gasteiger partial charge is 0.319 e. The Morgan fingerprint density at radius 3 is 2.57 bits per heavy atom. The molecule has 2 fully saturated rings. The molecule has 0 bridgehead atoms. The highest BCUT2D eigenvalue weighted by Crippen LogP contribution is 2.25. The molecule has 1 aromatic carbocycles. The van der Waals surface area contributed by atoms with Crippen LogP contribution < -0.4 is 19.8 Å². The van der Waals surface area contributed by atoms with E-state index in [1.165, 1.54) is 4.31 Å². The van der Waals surface area contributed by atoms with Crippen LogP contribution in [0.2, 0.25) is 0 Å². The molecule has 0 radical (unpaired) electrons. The van der Waals surface area contributed by atoms with Crippen LogP contribution in [0.4, 0.5) is 22.0 Å². The first kappa shape index (κ1) is 20.4. The molecule has 2 N–H and O–H groups in total. The molecule has 0 saturated carbocycles. The number of morpholine rings is 1. The van der Waals surface area contributed by atoms with E-state index in [4.69, 9.17) is 4.74 Å². The maximum atomic E-state index is 12.2. The van der Waals surface area contributed by atoms with E-state index in [1.54, 1.807) is 30.5 Å². The highest BCUT2D eigenvalue weighted by molar-refractivity contribution is 7.93. The molecule has 30 heavy (non-hydrogen) atoms. The Balaban J connectivity index is 1.31. The van der Waals surface area contributed by atoms with Crippen LogP contribution >= 0.6 is 0 Å². The highest BCUT2D eigenvalue weighted by atomic mass is 32.2. The van der Waals surface area contributed by atoms with Crippen LogP contribution in [0.15, 0.2) is 42.6 Å². The van der Waals surface area contributed by atoms with Crippen LogP contribution in [0.1, 0.15) is 12.0 Å². The molecule has 1 aromatic heterocycles. The number of pyridine rings is 1. The lowest BCUT2D eigenvalue weighted by molar-refractivity contribution is 0.122. The van der Waals surface area contributed by atoms with Crippen molar-refractivity contribution in [3.63, 3.8) is 0 Å². The van der Waals surface area contributed by atoms with E-state index in [2.05, 4.69) is 20.5 Å². The fraction of sp³-hybridized carbons (Fsp3) is 0.400. The molecular weight excluding hydrogens is 406 g/mol. The second-order valence-electron chi connectivity index (χ2n) is 7.22. The van der Waals surface area contributed by atoms with Crippen molar-refractivity contribution in [2.24, 2.45) is 0 Å². The molecule has 0 unspecified atom stereocenters. The number of sulfonamides is 1. The van der Waals surface area contributed by atoms with Gasteiger partial charge >= 0.3 is 6.03 Å². The summed E-state index contributed by atoms with van der Waals surface area (Å²) in [6, 6.07) is 10.3. The quantitative estimate of drug-likeness (QED) is 0.748. The Bertz CT molecular complexity index is 991. The molecule has 2 aliphatic rings. The number of benzene rings is 1. The average molecular weight is 432 g/mol. The number of hydrogen-bond acceptors (Lipinski definition) is 6. The van der Waals surface area contributed by atoms with Crippen LogP contribution in [0, 0.1) is 0 Å². The van der Waals surface area contributed by atoms with Gasteiger partial charge in [-0.05, 0) is 48.4 Å². The Kier molecular flexibility index (Phi) is 6.05. The molecule has 9 nitrogen and oxygen atoms in total. The first-order valence-corrected chi connectivity index (χ1v) is 11.6. The minimum atomic E-state index is -3.21. The van der Waals surface area contributed by atoms with Crippen molar-refractivity contribution in [1.82, 2.24) is 10.3 Å². The van der Waals surface area contributed by atoms with Gasteiger partial charge in [-0.25, -0.2) is 18.2 Å². The molecule has 2 saturated heterocycles. The first-order chi connectivity index (χ1) is 14.5. The number of nitrogens with zero attached hydrogens (tertiary/aromatic N) is 3. The normalized spacial score (nSPS) is 18.3. The van der Waals surface area contributed by atoms with Gasteiger partial charge < -0.3 is 20.3 Å². The van der Waals surface area contributed by atoms with Gasteiger partial charge in [-0.15, -0.1) is 0 Å². The van der Waals surface area contributed by atoms with Gasteiger partial charge in [0.15, 0.2) is 0 Å². The molecule has 2 aromatic rings. The number of carbonyl (C=O) groups excluding carboxylic acids is 1. The van der Waals surface area contributed by atoms with Crippen molar-refractivity contribution in [2.45, 2.75) is 13.0 Å². The van der Waals surface area contributed by atoms with E-state index >= 15 is 0 Å². The molecular formula is C20H25N5O4S. The number of hydrogen-bond donors (Lipinski definition) is 2. The van der Waals surface area contributed by atoms with Crippen LogP contribution in [-0.2, 0) is 21.3 Å². The number of carbonyl (C=O) groups is 1. The number of anilines is 3. The number of amides is 2. The van der Waals surface area contributed by atoms with Gasteiger partial charge in [-0.3, -0.25) is 4.31 Å². The van der Waals surface area contributed by atoms with Crippen molar-refractivity contribution in [3.05, 3.63) is 48.2 Å². The van der Waals surface area contributed by atoms with E-state index in [0.717, 1.165) is 24.5 Å². The first-order valence-electron chi connectivity index (χ1n) is 9.94. The van der Waals surface area contributed by atoms with Crippen LogP contribution in [0.3, 0.4) is 0 Å². The number of aromatic nitrogens is 1. The molecule has 4 rings (SSSR count). The van der Waals surface area contributed by atoms with Crippen molar-refractivity contribution >= 4 is 33.2 Å². The maximum absolute atomic E-state index is 12.2. The van der Waals surface area contributed by atoms with Gasteiger partial charge in [0.05, 0.1) is 24.7 Å². The van der Waals surface area contributed by atoms with E-state index in [-0.39, 0.29) is 11.8 Å². The maximum Gasteiger partial charge on any atom is 0.319 e. The molecule has 0 spiro atoms. The SMILES string of the molecule is O=C(NCc1ccnc(N2CCOCC2)c1)Nc1ccc(N2CCCS2(=O)=O)cc1. The summed E-state index contributed by atoms with van der Waals surface area (Å²) in [5, 5.41) is 5.60. The van der Waals surface area contributed by atoms with Crippen molar-refractivity contribution in [2.75, 3.05) is 53.1 Å². The number of nitrogens with one attached hydrogen (secondary N) is 2. The lowest BCUT2D eigenvalue weighted by Gasteiger charge is -2.28.